The van der Waals surface area contributed by atoms with Crippen LogP contribution in [0.4, 0.5) is 5.69 Å². The average molecular weight is 583 g/mol. The molecule has 1 saturated heterocycles. The molecule has 0 radical (unpaired) electrons. The maximum atomic E-state index is 13.0. The second-order valence-corrected chi connectivity index (χ2v) is 10.4. The quantitative estimate of drug-likeness (QED) is 0.285. The molecule has 0 unspecified atom stereocenters. The predicted octanol–water partition coefficient (Wildman–Crippen LogP) is 5.79. The van der Waals surface area contributed by atoms with E-state index in [0.717, 1.165) is 24.2 Å². The molecule has 1 fully saturated rings. The van der Waals surface area contributed by atoms with Crippen LogP contribution in [0.2, 0.25) is 10.0 Å². The van der Waals surface area contributed by atoms with Crippen molar-refractivity contribution >= 4 is 55.9 Å². The van der Waals surface area contributed by atoms with Gasteiger partial charge in [0.2, 0.25) is 0 Å². The normalized spacial score (nSPS) is 14.4. The average Bonchev–Trinajstić information content (AvgIpc) is 2.89. The first kappa shape index (κ1) is 24.8. The number of rotatable bonds is 4. The molecule has 182 valence electrons. The van der Waals surface area contributed by atoms with Gasteiger partial charge in [-0.05, 0) is 63.5 Å². The highest BCUT2D eigenvalue weighted by Gasteiger charge is 2.29. The topological polar surface area (TPSA) is 65.2 Å². The molecule has 4 aromatic rings. The zero-order valence-electron chi connectivity index (χ0n) is 19.5. The summed E-state index contributed by atoms with van der Waals surface area (Å²) in [5.74, 6) is 0. The predicted molar refractivity (Wildman–Crippen MR) is 148 cm³/mol. The van der Waals surface area contributed by atoms with Gasteiger partial charge in [0.05, 0.1) is 17.2 Å². The molecule has 0 atom stereocenters. The molecule has 6 nitrogen and oxygen atoms in total. The highest BCUT2D eigenvalue weighted by atomic mass is 79.9. The summed E-state index contributed by atoms with van der Waals surface area (Å²) in [6.07, 6.45) is 0. The summed E-state index contributed by atoms with van der Waals surface area (Å²) in [5, 5.41) is 11.3. The van der Waals surface area contributed by atoms with Gasteiger partial charge in [-0.2, -0.15) is 5.26 Å². The summed E-state index contributed by atoms with van der Waals surface area (Å²) in [6.45, 7) is 2.74. The van der Waals surface area contributed by atoms with E-state index in [9.17, 15) is 10.1 Å². The van der Waals surface area contributed by atoms with E-state index >= 15 is 0 Å². The monoisotopic (exact) mass is 581 g/mol. The Labute approximate surface area is 227 Å². The van der Waals surface area contributed by atoms with Gasteiger partial charge >= 0.3 is 0 Å². The highest BCUT2D eigenvalue weighted by Crippen LogP contribution is 2.34. The third kappa shape index (κ3) is 4.62. The number of benzene rings is 2. The minimum Gasteiger partial charge on any atom is -0.366 e. The van der Waals surface area contributed by atoms with Crippen LogP contribution in [-0.4, -0.2) is 40.6 Å². The van der Waals surface area contributed by atoms with Crippen molar-refractivity contribution in [3.8, 4) is 6.07 Å². The summed E-state index contributed by atoms with van der Waals surface area (Å²) in [6, 6.07) is 21.7. The number of pyridine rings is 2. The van der Waals surface area contributed by atoms with Crippen LogP contribution >= 0.6 is 39.1 Å². The molecule has 5 rings (SSSR count). The molecule has 36 heavy (non-hydrogen) atoms. The van der Waals surface area contributed by atoms with E-state index in [1.807, 2.05) is 30.3 Å². The van der Waals surface area contributed by atoms with E-state index in [-0.39, 0.29) is 17.2 Å². The lowest BCUT2D eigenvalue weighted by atomic mass is 9.96. The molecule has 0 saturated carbocycles. The van der Waals surface area contributed by atoms with Gasteiger partial charge in [0.25, 0.3) is 5.56 Å². The number of piperazine rings is 1. The van der Waals surface area contributed by atoms with Crippen molar-refractivity contribution in [1.82, 2.24) is 14.5 Å². The lowest BCUT2D eigenvalue weighted by Gasteiger charge is -2.41. The molecule has 0 N–H and O–H groups in total. The number of aryl methyl sites for hydroxylation is 1. The lowest BCUT2D eigenvalue weighted by molar-refractivity contribution is 0.212. The van der Waals surface area contributed by atoms with E-state index < -0.39 is 0 Å². The van der Waals surface area contributed by atoms with Crippen molar-refractivity contribution in [1.29, 1.82) is 5.26 Å². The van der Waals surface area contributed by atoms with E-state index in [4.69, 9.17) is 23.2 Å². The fraction of sp³-hybridized carbons (Fsp3) is 0.222. The first-order valence-electron chi connectivity index (χ1n) is 11.5. The van der Waals surface area contributed by atoms with E-state index in [1.54, 1.807) is 13.1 Å². The Hall–Kier alpha value is -2.89. The Morgan fingerprint density at radius 3 is 2.00 bits per heavy atom. The minimum absolute atomic E-state index is 0.0183. The van der Waals surface area contributed by atoms with Crippen LogP contribution in [0.3, 0.4) is 0 Å². The molecule has 1 aliphatic heterocycles. The van der Waals surface area contributed by atoms with Gasteiger partial charge in [0.15, 0.2) is 0 Å². The molecular weight excluding hydrogens is 561 g/mol. The molecule has 2 aromatic heterocycles. The highest BCUT2D eigenvalue weighted by molar-refractivity contribution is 9.10. The molecule has 0 amide bonds. The third-order valence-electron chi connectivity index (χ3n) is 6.66. The number of fused-ring (bicyclic) bond motifs is 1. The second-order valence-electron chi connectivity index (χ2n) is 8.73. The smallest absolute Gasteiger partial charge is 0.270 e. The molecule has 1 aliphatic rings. The SMILES string of the molecule is Cn1c(=O)c(C#N)c(N2CCN(C(c3ccc(Cl)cc3)c3ccc(Cl)cc3)CC2)c2nc(Br)ccc21. The molecule has 0 aliphatic carbocycles. The Balaban J connectivity index is 1.51. The number of hydrogen-bond acceptors (Lipinski definition) is 5. The van der Waals surface area contributed by atoms with Crippen LogP contribution in [0.15, 0.2) is 70.1 Å². The first-order valence-corrected chi connectivity index (χ1v) is 13.0. The molecule has 3 heterocycles. The fourth-order valence-corrected chi connectivity index (χ4v) is 5.45. The fourth-order valence-electron chi connectivity index (χ4n) is 4.89. The second kappa shape index (κ2) is 10.2. The summed E-state index contributed by atoms with van der Waals surface area (Å²) < 4.78 is 2.15. The summed E-state index contributed by atoms with van der Waals surface area (Å²) in [5.41, 5.74) is 4.02. The number of nitriles is 1. The van der Waals surface area contributed by atoms with Gasteiger partial charge in [-0.3, -0.25) is 9.69 Å². The lowest BCUT2D eigenvalue weighted by Crippen LogP contribution is -2.48. The van der Waals surface area contributed by atoms with Gasteiger partial charge in [-0.15, -0.1) is 0 Å². The number of anilines is 1. The Morgan fingerprint density at radius 1 is 0.917 bits per heavy atom. The summed E-state index contributed by atoms with van der Waals surface area (Å²) in [7, 11) is 1.67. The molecule has 0 bridgehead atoms. The maximum Gasteiger partial charge on any atom is 0.270 e. The Morgan fingerprint density at radius 2 is 1.47 bits per heavy atom. The molecular formula is C27H22BrCl2N5O. The molecule has 0 spiro atoms. The van der Waals surface area contributed by atoms with Crippen LogP contribution < -0.4 is 10.5 Å². The van der Waals surface area contributed by atoms with Crippen LogP contribution in [0.1, 0.15) is 22.7 Å². The number of aromatic nitrogens is 2. The number of nitrogens with zero attached hydrogens (tertiary/aromatic N) is 5. The van der Waals surface area contributed by atoms with Crippen molar-refractivity contribution in [3.63, 3.8) is 0 Å². The molecule has 2 aromatic carbocycles. The van der Waals surface area contributed by atoms with Gasteiger partial charge < -0.3 is 9.47 Å². The minimum atomic E-state index is -0.313. The standard InChI is InChI=1S/C27H22BrCl2N5O/c1-33-22-10-11-23(28)32-24(22)26(21(16-31)27(33)36)35-14-12-34(13-15-35)25(17-2-6-19(29)7-3-17)18-4-8-20(30)9-5-18/h2-11,25H,12-15H2,1H3. The van der Waals surface area contributed by atoms with Gasteiger partial charge in [-0.1, -0.05) is 47.5 Å². The zero-order valence-corrected chi connectivity index (χ0v) is 22.6. The molecule has 9 heteroatoms. The van der Waals surface area contributed by atoms with Gasteiger partial charge in [-0.25, -0.2) is 4.98 Å². The van der Waals surface area contributed by atoms with Crippen molar-refractivity contribution < 1.29 is 0 Å². The maximum absolute atomic E-state index is 13.0. The van der Waals surface area contributed by atoms with Gasteiger partial charge in [0, 0.05) is 43.3 Å². The van der Waals surface area contributed by atoms with Crippen molar-refractivity contribution in [2.45, 2.75) is 6.04 Å². The van der Waals surface area contributed by atoms with E-state index in [2.05, 4.69) is 61.0 Å². The zero-order chi connectivity index (χ0) is 25.4. The van der Waals surface area contributed by atoms with Gasteiger partial charge in [0.1, 0.15) is 21.8 Å². The van der Waals surface area contributed by atoms with Crippen LogP contribution in [0.25, 0.3) is 11.0 Å². The number of halogens is 3. The summed E-state index contributed by atoms with van der Waals surface area (Å²) in [4.78, 5) is 22.2. The van der Waals surface area contributed by atoms with Crippen LogP contribution in [0, 0.1) is 11.3 Å². The first-order chi connectivity index (χ1) is 17.4. The number of hydrogen-bond donors (Lipinski definition) is 0. The van der Waals surface area contributed by atoms with Crippen LogP contribution in [-0.2, 0) is 7.05 Å². The largest absolute Gasteiger partial charge is 0.366 e. The van der Waals surface area contributed by atoms with E-state index in [1.165, 1.54) is 4.57 Å². The van der Waals surface area contributed by atoms with E-state index in [0.29, 0.717) is 44.5 Å². The third-order valence-corrected chi connectivity index (χ3v) is 7.61. The van der Waals surface area contributed by atoms with Crippen molar-refractivity contribution in [3.05, 3.63) is 102 Å². The van der Waals surface area contributed by atoms with Crippen LogP contribution in [0.5, 0.6) is 0 Å². The summed E-state index contributed by atoms with van der Waals surface area (Å²) >= 11 is 15.8. The van der Waals surface area contributed by atoms with Crippen molar-refractivity contribution in [2.75, 3.05) is 31.1 Å². The Bertz CT molecular complexity index is 1480. The van der Waals surface area contributed by atoms with Crippen molar-refractivity contribution in [2.24, 2.45) is 7.05 Å². The Kier molecular flexibility index (Phi) is 7.05.